The molecule has 0 aromatic rings. The van der Waals surface area contributed by atoms with E-state index in [-0.39, 0.29) is 5.60 Å². The van der Waals surface area contributed by atoms with Crippen LogP contribution in [0.1, 0.15) is 52.9 Å². The van der Waals surface area contributed by atoms with Gasteiger partial charge in [0, 0.05) is 24.4 Å². The smallest absolute Gasteiger partial charge is 0.0795 e. The molecule has 2 nitrogen and oxygen atoms in total. The van der Waals surface area contributed by atoms with Crippen molar-refractivity contribution in [3.8, 4) is 0 Å². The van der Waals surface area contributed by atoms with Gasteiger partial charge in [-0.3, -0.25) is 0 Å². The molecule has 110 valence electrons. The van der Waals surface area contributed by atoms with Gasteiger partial charge in [-0.05, 0) is 58.6 Å². The Morgan fingerprint density at radius 3 is 3.05 bits per heavy atom. The molecular formula is C16H29NOS. The molecule has 0 unspecified atom stereocenters. The summed E-state index contributed by atoms with van der Waals surface area (Å²) in [6.45, 7) is 7.62. The molecule has 2 rings (SSSR count). The summed E-state index contributed by atoms with van der Waals surface area (Å²) in [5.74, 6) is 2.49. The number of nitrogens with one attached hydrogen (secondary N) is 1. The highest BCUT2D eigenvalue weighted by Gasteiger charge is 2.40. The van der Waals surface area contributed by atoms with Gasteiger partial charge in [0.15, 0.2) is 0 Å². The maximum Gasteiger partial charge on any atom is 0.0795 e. The van der Waals surface area contributed by atoms with E-state index in [2.05, 4.69) is 43.9 Å². The highest BCUT2D eigenvalue weighted by atomic mass is 32.2. The van der Waals surface area contributed by atoms with Crippen molar-refractivity contribution < 1.29 is 4.74 Å². The fourth-order valence-electron chi connectivity index (χ4n) is 3.14. The number of hydrogen-bond donors (Lipinski definition) is 1. The van der Waals surface area contributed by atoms with Crippen molar-refractivity contribution in [2.24, 2.45) is 0 Å². The minimum Gasteiger partial charge on any atom is -0.374 e. The lowest BCUT2D eigenvalue weighted by molar-refractivity contribution is -0.0711. The first-order valence-corrected chi connectivity index (χ1v) is 8.86. The lowest BCUT2D eigenvalue weighted by atomic mass is 9.89. The number of hydrogen-bond acceptors (Lipinski definition) is 3. The highest BCUT2D eigenvalue weighted by molar-refractivity contribution is 7.99. The van der Waals surface area contributed by atoms with Gasteiger partial charge >= 0.3 is 0 Å². The zero-order valence-electron chi connectivity index (χ0n) is 12.7. The number of rotatable bonds is 5. The predicted octanol–water partition coefficient (Wildman–Crippen LogP) is 3.77. The number of allylic oxidation sites excluding steroid dienone is 2. The normalized spacial score (nSPS) is 32.5. The molecule has 2 heterocycles. The zero-order valence-corrected chi connectivity index (χ0v) is 13.5. The third kappa shape index (κ3) is 4.80. The quantitative estimate of drug-likeness (QED) is 0.776. The predicted molar refractivity (Wildman–Crippen MR) is 84.9 cm³/mol. The third-order valence-electron chi connectivity index (χ3n) is 4.23. The van der Waals surface area contributed by atoms with E-state index in [1.807, 2.05) is 0 Å². The Labute approximate surface area is 122 Å². The van der Waals surface area contributed by atoms with E-state index in [1.165, 1.54) is 49.2 Å². The van der Waals surface area contributed by atoms with Gasteiger partial charge in [-0.2, -0.15) is 11.8 Å². The highest BCUT2D eigenvalue weighted by Crippen LogP contribution is 2.38. The van der Waals surface area contributed by atoms with Crippen molar-refractivity contribution >= 4 is 11.8 Å². The molecule has 0 aromatic heterocycles. The van der Waals surface area contributed by atoms with Crippen LogP contribution >= 0.6 is 11.8 Å². The van der Waals surface area contributed by atoms with Crippen LogP contribution in [0.4, 0.5) is 0 Å². The van der Waals surface area contributed by atoms with Crippen LogP contribution in [-0.4, -0.2) is 35.8 Å². The fraction of sp³-hybridized carbons (Fsp3) is 0.875. The average molecular weight is 283 g/mol. The summed E-state index contributed by atoms with van der Waals surface area (Å²) < 4.78 is 6.08. The van der Waals surface area contributed by atoms with E-state index in [0.29, 0.717) is 12.1 Å². The van der Waals surface area contributed by atoms with E-state index < -0.39 is 0 Å². The first-order valence-electron chi connectivity index (χ1n) is 7.71. The SMILES string of the molecule is CC(C)=CCC[C@H](C)N[C@@H]1CCO[C@@]2(CCSC2)C1. The second-order valence-corrected chi connectivity index (χ2v) is 7.56. The lowest BCUT2D eigenvalue weighted by Gasteiger charge is -2.39. The van der Waals surface area contributed by atoms with Crippen molar-refractivity contribution in [2.45, 2.75) is 70.6 Å². The minimum atomic E-state index is 0.209. The molecule has 0 saturated carbocycles. The van der Waals surface area contributed by atoms with Crippen LogP contribution in [0.15, 0.2) is 11.6 Å². The van der Waals surface area contributed by atoms with Crippen LogP contribution in [0.2, 0.25) is 0 Å². The maximum atomic E-state index is 6.08. The van der Waals surface area contributed by atoms with Crippen molar-refractivity contribution in [1.82, 2.24) is 5.32 Å². The van der Waals surface area contributed by atoms with E-state index in [0.717, 1.165) is 6.61 Å². The molecule has 2 saturated heterocycles. The molecule has 0 aliphatic carbocycles. The summed E-state index contributed by atoms with van der Waals surface area (Å²) >= 11 is 2.06. The largest absolute Gasteiger partial charge is 0.374 e. The van der Waals surface area contributed by atoms with Crippen LogP contribution in [0.5, 0.6) is 0 Å². The molecule has 1 spiro atoms. The molecule has 2 aliphatic heterocycles. The van der Waals surface area contributed by atoms with E-state index in [1.54, 1.807) is 0 Å². The lowest BCUT2D eigenvalue weighted by Crippen LogP contribution is -2.49. The molecule has 3 heteroatoms. The topological polar surface area (TPSA) is 21.3 Å². The molecule has 1 N–H and O–H groups in total. The van der Waals surface area contributed by atoms with Gasteiger partial charge < -0.3 is 10.1 Å². The second kappa shape index (κ2) is 7.14. The van der Waals surface area contributed by atoms with Crippen LogP contribution in [0.25, 0.3) is 0 Å². The molecule has 2 fully saturated rings. The minimum absolute atomic E-state index is 0.209. The Hall–Kier alpha value is 0.0100. The monoisotopic (exact) mass is 283 g/mol. The van der Waals surface area contributed by atoms with Crippen LogP contribution in [0.3, 0.4) is 0 Å². The molecule has 0 bridgehead atoms. The molecule has 19 heavy (non-hydrogen) atoms. The van der Waals surface area contributed by atoms with Gasteiger partial charge in [0.25, 0.3) is 0 Å². The van der Waals surface area contributed by atoms with Crippen LogP contribution < -0.4 is 5.32 Å². The molecule has 0 aromatic carbocycles. The van der Waals surface area contributed by atoms with Gasteiger partial charge in [0.2, 0.25) is 0 Å². The van der Waals surface area contributed by atoms with Gasteiger partial charge in [0.1, 0.15) is 0 Å². The summed E-state index contributed by atoms with van der Waals surface area (Å²) in [6.07, 6.45) is 8.43. The van der Waals surface area contributed by atoms with E-state index in [4.69, 9.17) is 4.74 Å². The van der Waals surface area contributed by atoms with Crippen molar-refractivity contribution in [3.63, 3.8) is 0 Å². The first-order chi connectivity index (χ1) is 9.10. The molecular weight excluding hydrogens is 254 g/mol. The Morgan fingerprint density at radius 2 is 2.37 bits per heavy atom. The van der Waals surface area contributed by atoms with Crippen LogP contribution in [0, 0.1) is 0 Å². The summed E-state index contributed by atoms with van der Waals surface area (Å²) in [5.41, 5.74) is 1.64. The summed E-state index contributed by atoms with van der Waals surface area (Å²) in [4.78, 5) is 0. The standard InChI is InChI=1S/C16H29NOS/c1-13(2)5-4-6-14(3)17-15-7-9-18-16(11-15)8-10-19-12-16/h5,14-15,17H,4,6-12H2,1-3H3/t14-,15+,16-/m0/s1. The van der Waals surface area contributed by atoms with Crippen molar-refractivity contribution in [2.75, 3.05) is 18.1 Å². The molecule has 2 aliphatic rings. The average Bonchev–Trinajstić information content (AvgIpc) is 2.76. The van der Waals surface area contributed by atoms with E-state index >= 15 is 0 Å². The summed E-state index contributed by atoms with van der Waals surface area (Å²) in [5, 5.41) is 3.83. The zero-order chi connectivity index (χ0) is 13.7. The number of ether oxygens (including phenoxy) is 1. The van der Waals surface area contributed by atoms with Crippen molar-refractivity contribution in [3.05, 3.63) is 11.6 Å². The maximum absolute atomic E-state index is 6.08. The Bertz CT molecular complexity index is 306. The van der Waals surface area contributed by atoms with E-state index in [9.17, 15) is 0 Å². The Kier molecular flexibility index (Phi) is 5.79. The van der Waals surface area contributed by atoms with Gasteiger partial charge in [0.05, 0.1) is 5.60 Å². The van der Waals surface area contributed by atoms with Gasteiger partial charge in [-0.15, -0.1) is 0 Å². The number of thioether (sulfide) groups is 1. The van der Waals surface area contributed by atoms with Crippen LogP contribution in [-0.2, 0) is 4.74 Å². The third-order valence-corrected chi connectivity index (χ3v) is 5.46. The molecule has 0 radical (unpaired) electrons. The molecule has 3 atom stereocenters. The second-order valence-electron chi connectivity index (χ2n) is 6.45. The first kappa shape index (κ1) is 15.4. The summed E-state index contributed by atoms with van der Waals surface area (Å²) in [7, 11) is 0. The Balaban J connectivity index is 1.74. The van der Waals surface area contributed by atoms with Crippen molar-refractivity contribution in [1.29, 1.82) is 0 Å². The fourth-order valence-corrected chi connectivity index (χ4v) is 4.52. The Morgan fingerprint density at radius 1 is 1.53 bits per heavy atom. The van der Waals surface area contributed by atoms with Gasteiger partial charge in [-0.1, -0.05) is 11.6 Å². The molecule has 0 amide bonds. The van der Waals surface area contributed by atoms with Gasteiger partial charge in [-0.25, -0.2) is 0 Å². The summed E-state index contributed by atoms with van der Waals surface area (Å²) in [6, 6.07) is 1.28.